The molecule has 1 heterocycles. The number of nitrogens with one attached hydrogen (secondary N) is 1. The lowest BCUT2D eigenvalue weighted by molar-refractivity contribution is -0.154. The number of carboxylic acid groups (broad SMARTS) is 1. The van der Waals surface area contributed by atoms with Gasteiger partial charge in [0.05, 0.1) is 11.3 Å². The van der Waals surface area contributed by atoms with Crippen LogP contribution in [0.4, 0.5) is 4.79 Å². The first-order chi connectivity index (χ1) is 16.9. The van der Waals surface area contributed by atoms with Crippen molar-refractivity contribution in [2.24, 2.45) is 17.3 Å². The molecule has 184 valence electrons. The van der Waals surface area contributed by atoms with Gasteiger partial charge in [-0.05, 0) is 47.4 Å². The van der Waals surface area contributed by atoms with Gasteiger partial charge in [-0.1, -0.05) is 61.9 Å². The first-order valence-electron chi connectivity index (χ1n) is 12.5. The highest BCUT2D eigenvalue weighted by molar-refractivity contribution is 5.85. The molecule has 7 heteroatoms. The van der Waals surface area contributed by atoms with E-state index in [1.807, 2.05) is 31.2 Å². The lowest BCUT2D eigenvalue weighted by atomic mass is 9.67. The van der Waals surface area contributed by atoms with E-state index in [1.54, 1.807) is 4.90 Å². The molecule has 1 saturated carbocycles. The fourth-order valence-corrected chi connectivity index (χ4v) is 5.87. The number of ether oxygens (including phenoxy) is 1. The van der Waals surface area contributed by atoms with Gasteiger partial charge in [-0.15, -0.1) is 0 Å². The Morgan fingerprint density at radius 3 is 2.26 bits per heavy atom. The molecular formula is C28H32N2O5. The van der Waals surface area contributed by atoms with E-state index in [4.69, 9.17) is 4.74 Å². The number of carboxylic acids is 1. The van der Waals surface area contributed by atoms with Gasteiger partial charge in [0.2, 0.25) is 5.91 Å². The first-order valence-corrected chi connectivity index (χ1v) is 12.5. The molecule has 2 N–H and O–H groups in total. The molecule has 0 aromatic heterocycles. The van der Waals surface area contributed by atoms with Gasteiger partial charge in [0.1, 0.15) is 6.61 Å². The van der Waals surface area contributed by atoms with E-state index in [0.29, 0.717) is 25.8 Å². The zero-order valence-electron chi connectivity index (χ0n) is 20.0. The third-order valence-electron chi connectivity index (χ3n) is 8.24. The number of hydrogen-bond acceptors (Lipinski definition) is 4. The van der Waals surface area contributed by atoms with Gasteiger partial charge in [0.15, 0.2) is 0 Å². The maximum atomic E-state index is 13.4. The molecule has 0 bridgehead atoms. The molecule has 2 atom stereocenters. The summed E-state index contributed by atoms with van der Waals surface area (Å²) in [5, 5.41) is 12.4. The highest BCUT2D eigenvalue weighted by atomic mass is 16.5. The molecular weight excluding hydrogens is 444 g/mol. The van der Waals surface area contributed by atoms with Crippen LogP contribution in [0.5, 0.6) is 0 Å². The standard InChI is InChI=1S/C28H32N2O5/c1-18-11-14-30(15-23(18)25(31)32)26(33)28(12-6-13-28)17-29-27(34)35-16-24-21-9-4-2-7-19(21)20-8-3-5-10-22(20)24/h2-5,7-10,18,23-24H,6,11-17H2,1H3,(H,29,34)(H,31,32). The molecule has 35 heavy (non-hydrogen) atoms. The normalized spacial score (nSPS) is 22.5. The molecule has 2 amide bonds. The van der Waals surface area contributed by atoms with Crippen LogP contribution in [0.2, 0.25) is 0 Å². The van der Waals surface area contributed by atoms with E-state index in [0.717, 1.165) is 17.5 Å². The fraction of sp³-hybridized carbons (Fsp3) is 0.464. The number of alkyl carbamates (subject to hydrolysis) is 1. The first kappa shape index (κ1) is 23.4. The maximum Gasteiger partial charge on any atom is 0.407 e. The van der Waals surface area contributed by atoms with Crippen LogP contribution in [0.25, 0.3) is 11.1 Å². The molecule has 5 rings (SSSR count). The van der Waals surface area contributed by atoms with Crippen molar-refractivity contribution in [2.45, 2.75) is 38.5 Å². The Morgan fingerprint density at radius 1 is 1.06 bits per heavy atom. The van der Waals surface area contributed by atoms with Crippen LogP contribution < -0.4 is 5.32 Å². The number of amides is 2. The summed E-state index contributed by atoms with van der Waals surface area (Å²) in [5.41, 5.74) is 3.99. The van der Waals surface area contributed by atoms with Gasteiger partial charge in [-0.2, -0.15) is 0 Å². The molecule has 0 radical (unpaired) electrons. The minimum absolute atomic E-state index is 0.0178. The molecule has 2 aromatic carbocycles. The number of hydrogen-bond donors (Lipinski definition) is 2. The number of fused-ring (bicyclic) bond motifs is 3. The molecule has 2 aliphatic carbocycles. The summed E-state index contributed by atoms with van der Waals surface area (Å²) in [4.78, 5) is 39.3. The molecule has 3 aliphatic rings. The Morgan fingerprint density at radius 2 is 1.69 bits per heavy atom. The van der Waals surface area contributed by atoms with Gasteiger partial charge in [-0.3, -0.25) is 9.59 Å². The zero-order chi connectivity index (χ0) is 24.6. The number of carbonyl (C=O) groups is 3. The summed E-state index contributed by atoms with van der Waals surface area (Å²) in [7, 11) is 0. The molecule has 2 unspecified atom stereocenters. The summed E-state index contributed by atoms with van der Waals surface area (Å²) in [6, 6.07) is 16.4. The average Bonchev–Trinajstić information content (AvgIpc) is 3.16. The number of nitrogens with zero attached hydrogens (tertiary/aromatic N) is 1. The monoisotopic (exact) mass is 476 g/mol. The van der Waals surface area contributed by atoms with E-state index in [1.165, 1.54) is 11.1 Å². The number of likely N-dealkylation sites (tertiary alicyclic amines) is 1. The molecule has 2 fully saturated rings. The van der Waals surface area contributed by atoms with Crippen molar-refractivity contribution in [1.29, 1.82) is 0 Å². The van der Waals surface area contributed by atoms with Crippen molar-refractivity contribution in [1.82, 2.24) is 10.2 Å². The lowest BCUT2D eigenvalue weighted by Crippen LogP contribution is -2.57. The van der Waals surface area contributed by atoms with Gasteiger partial charge in [0, 0.05) is 25.6 Å². The number of rotatable bonds is 6. The smallest absolute Gasteiger partial charge is 0.407 e. The molecule has 2 aromatic rings. The minimum Gasteiger partial charge on any atom is -0.481 e. The zero-order valence-corrected chi connectivity index (χ0v) is 20.0. The number of carbonyl (C=O) groups excluding carboxylic acids is 2. The topological polar surface area (TPSA) is 95.9 Å². The quantitative estimate of drug-likeness (QED) is 0.649. The second-order valence-electron chi connectivity index (χ2n) is 10.3. The van der Waals surface area contributed by atoms with Crippen molar-refractivity contribution in [2.75, 3.05) is 26.2 Å². The van der Waals surface area contributed by atoms with Gasteiger partial charge < -0.3 is 20.1 Å². The van der Waals surface area contributed by atoms with E-state index in [2.05, 4.69) is 29.6 Å². The Kier molecular flexibility index (Phi) is 6.26. The molecule has 0 spiro atoms. The van der Waals surface area contributed by atoms with E-state index >= 15 is 0 Å². The Labute approximate surface area is 205 Å². The predicted molar refractivity (Wildman–Crippen MR) is 131 cm³/mol. The summed E-state index contributed by atoms with van der Waals surface area (Å²) in [6.07, 6.45) is 2.46. The number of aliphatic carboxylic acids is 1. The summed E-state index contributed by atoms with van der Waals surface area (Å²) in [6.45, 7) is 3.17. The van der Waals surface area contributed by atoms with Gasteiger partial charge in [0.25, 0.3) is 0 Å². The summed E-state index contributed by atoms with van der Waals surface area (Å²) in [5.74, 6) is -1.40. The summed E-state index contributed by atoms with van der Waals surface area (Å²) < 4.78 is 5.64. The highest BCUT2D eigenvalue weighted by Gasteiger charge is 2.48. The van der Waals surface area contributed by atoms with E-state index in [-0.39, 0.29) is 37.4 Å². The van der Waals surface area contributed by atoms with Crippen molar-refractivity contribution in [3.8, 4) is 11.1 Å². The summed E-state index contributed by atoms with van der Waals surface area (Å²) >= 11 is 0. The Balaban J connectivity index is 1.20. The van der Waals surface area contributed by atoms with Crippen molar-refractivity contribution in [3.05, 3.63) is 59.7 Å². The third kappa shape index (κ3) is 4.28. The molecule has 7 nitrogen and oxygen atoms in total. The second-order valence-corrected chi connectivity index (χ2v) is 10.3. The Hall–Kier alpha value is -3.35. The number of piperidine rings is 1. The second kappa shape index (κ2) is 9.36. The predicted octanol–water partition coefficient (Wildman–Crippen LogP) is 4.26. The van der Waals surface area contributed by atoms with Crippen LogP contribution in [-0.4, -0.2) is 54.2 Å². The van der Waals surface area contributed by atoms with Gasteiger partial charge >= 0.3 is 12.1 Å². The van der Waals surface area contributed by atoms with E-state index in [9.17, 15) is 19.5 Å². The van der Waals surface area contributed by atoms with Crippen molar-refractivity contribution < 1.29 is 24.2 Å². The Bertz CT molecular complexity index is 1100. The van der Waals surface area contributed by atoms with Crippen LogP contribution in [0.1, 0.15) is 49.7 Å². The van der Waals surface area contributed by atoms with Gasteiger partial charge in [-0.25, -0.2) is 4.79 Å². The largest absolute Gasteiger partial charge is 0.481 e. The maximum absolute atomic E-state index is 13.4. The molecule has 1 saturated heterocycles. The molecule has 1 aliphatic heterocycles. The van der Waals surface area contributed by atoms with Crippen LogP contribution >= 0.6 is 0 Å². The van der Waals surface area contributed by atoms with Crippen LogP contribution in [0, 0.1) is 17.3 Å². The highest BCUT2D eigenvalue weighted by Crippen LogP contribution is 2.45. The van der Waals surface area contributed by atoms with Crippen molar-refractivity contribution >= 4 is 18.0 Å². The average molecular weight is 477 g/mol. The van der Waals surface area contributed by atoms with Crippen LogP contribution in [0.15, 0.2) is 48.5 Å². The SMILES string of the molecule is CC1CCN(C(=O)C2(CNC(=O)OCC3c4ccccc4-c4ccccc43)CCC2)CC1C(=O)O. The van der Waals surface area contributed by atoms with E-state index < -0.39 is 23.4 Å². The number of benzene rings is 2. The fourth-order valence-electron chi connectivity index (χ4n) is 5.87. The minimum atomic E-state index is -0.852. The van der Waals surface area contributed by atoms with Crippen LogP contribution in [-0.2, 0) is 14.3 Å². The lowest BCUT2D eigenvalue weighted by Gasteiger charge is -2.46. The van der Waals surface area contributed by atoms with Crippen LogP contribution in [0.3, 0.4) is 0 Å². The van der Waals surface area contributed by atoms with Crippen molar-refractivity contribution in [3.63, 3.8) is 0 Å². The third-order valence-corrected chi connectivity index (χ3v) is 8.24.